The molecule has 1 aromatic heterocycles. The predicted molar refractivity (Wildman–Crippen MR) is 61.5 cm³/mol. The van der Waals surface area contributed by atoms with E-state index in [0.29, 0.717) is 6.04 Å². The van der Waals surface area contributed by atoms with Crippen LogP contribution in [0, 0.1) is 0 Å². The van der Waals surface area contributed by atoms with Crippen molar-refractivity contribution < 1.29 is 0 Å². The van der Waals surface area contributed by atoms with Gasteiger partial charge in [-0.15, -0.1) is 11.3 Å². The van der Waals surface area contributed by atoms with Crippen molar-refractivity contribution in [3.8, 4) is 0 Å². The zero-order valence-electron chi connectivity index (χ0n) is 9.37. The normalized spacial score (nSPS) is 11.6. The van der Waals surface area contributed by atoms with Crippen LogP contribution in [0.5, 0.6) is 0 Å². The molecule has 0 spiro atoms. The van der Waals surface area contributed by atoms with E-state index < -0.39 is 0 Å². The molecular weight excluding hydrogens is 194 g/mol. The minimum Gasteiger partial charge on any atom is -0.314 e. The average Bonchev–Trinajstić information content (AvgIpc) is 2.53. The summed E-state index contributed by atoms with van der Waals surface area (Å²) in [5.41, 5.74) is 1.18. The number of aromatic nitrogens is 1. The Balaban J connectivity index is 2.50. The molecule has 80 valence electrons. The van der Waals surface area contributed by atoms with Crippen molar-refractivity contribution in [2.75, 3.05) is 14.1 Å². The minimum absolute atomic E-state index is 0.574. The van der Waals surface area contributed by atoms with Crippen LogP contribution in [0.2, 0.25) is 0 Å². The molecule has 3 nitrogen and oxygen atoms in total. The standard InChI is InChI=1S/C10H19N3S/c1-8(2)13(4)6-9-7-14-10(12-9)5-11-3/h7-8,11H,5-6H2,1-4H3. The lowest BCUT2D eigenvalue weighted by atomic mass is 10.3. The Hall–Kier alpha value is -0.450. The maximum atomic E-state index is 4.54. The molecule has 1 N–H and O–H groups in total. The molecule has 1 heterocycles. The molecule has 0 aliphatic carbocycles. The van der Waals surface area contributed by atoms with E-state index in [1.807, 2.05) is 7.05 Å². The van der Waals surface area contributed by atoms with Gasteiger partial charge >= 0.3 is 0 Å². The highest BCUT2D eigenvalue weighted by Crippen LogP contribution is 2.11. The summed E-state index contributed by atoms with van der Waals surface area (Å²) in [6, 6.07) is 0.574. The van der Waals surface area contributed by atoms with Gasteiger partial charge < -0.3 is 5.32 Å². The smallest absolute Gasteiger partial charge is 0.107 e. The van der Waals surface area contributed by atoms with Crippen molar-refractivity contribution in [2.45, 2.75) is 33.0 Å². The Kier molecular flexibility index (Phi) is 4.51. The van der Waals surface area contributed by atoms with Crippen LogP contribution in [0.15, 0.2) is 5.38 Å². The number of rotatable bonds is 5. The van der Waals surface area contributed by atoms with Gasteiger partial charge in [0.05, 0.1) is 5.69 Å². The number of nitrogens with zero attached hydrogens (tertiary/aromatic N) is 2. The van der Waals surface area contributed by atoms with Gasteiger partial charge in [0.15, 0.2) is 0 Å². The van der Waals surface area contributed by atoms with E-state index >= 15 is 0 Å². The van der Waals surface area contributed by atoms with Crippen LogP contribution in [0.25, 0.3) is 0 Å². The van der Waals surface area contributed by atoms with Crippen LogP contribution in [0.3, 0.4) is 0 Å². The molecule has 0 unspecified atom stereocenters. The Bertz CT molecular complexity index is 270. The maximum Gasteiger partial charge on any atom is 0.107 e. The zero-order valence-corrected chi connectivity index (χ0v) is 10.2. The molecule has 1 aromatic rings. The lowest BCUT2D eigenvalue weighted by Crippen LogP contribution is -2.25. The van der Waals surface area contributed by atoms with Crippen LogP contribution in [0.4, 0.5) is 0 Å². The molecule has 0 bridgehead atoms. The summed E-state index contributed by atoms with van der Waals surface area (Å²) in [6.45, 7) is 6.20. The van der Waals surface area contributed by atoms with Crippen LogP contribution in [0.1, 0.15) is 24.5 Å². The summed E-state index contributed by atoms with van der Waals surface area (Å²) in [4.78, 5) is 6.83. The van der Waals surface area contributed by atoms with Crippen molar-refractivity contribution in [2.24, 2.45) is 0 Å². The van der Waals surface area contributed by atoms with Crippen molar-refractivity contribution in [1.82, 2.24) is 15.2 Å². The molecule has 4 heteroatoms. The molecule has 0 aliphatic heterocycles. The summed E-state index contributed by atoms with van der Waals surface area (Å²) in [5, 5.41) is 6.42. The minimum atomic E-state index is 0.574. The summed E-state index contributed by atoms with van der Waals surface area (Å²) >= 11 is 1.73. The van der Waals surface area contributed by atoms with Crippen LogP contribution < -0.4 is 5.32 Å². The Labute approximate surface area is 90.2 Å². The molecule has 0 fully saturated rings. The zero-order chi connectivity index (χ0) is 10.6. The second-order valence-electron chi connectivity index (χ2n) is 3.77. The quantitative estimate of drug-likeness (QED) is 0.807. The third kappa shape index (κ3) is 3.36. The average molecular weight is 213 g/mol. The van der Waals surface area contributed by atoms with Crippen LogP contribution in [-0.2, 0) is 13.1 Å². The second kappa shape index (κ2) is 5.44. The summed E-state index contributed by atoms with van der Waals surface area (Å²) in [5.74, 6) is 0. The molecule has 0 radical (unpaired) electrons. The van der Waals surface area contributed by atoms with Crippen molar-refractivity contribution in [3.05, 3.63) is 16.1 Å². The monoisotopic (exact) mass is 213 g/mol. The summed E-state index contributed by atoms with van der Waals surface area (Å²) in [6.07, 6.45) is 0. The highest BCUT2D eigenvalue weighted by Gasteiger charge is 2.07. The summed E-state index contributed by atoms with van der Waals surface area (Å²) in [7, 11) is 4.07. The van der Waals surface area contributed by atoms with Crippen molar-refractivity contribution in [1.29, 1.82) is 0 Å². The van der Waals surface area contributed by atoms with E-state index in [4.69, 9.17) is 0 Å². The summed E-state index contributed by atoms with van der Waals surface area (Å²) < 4.78 is 0. The molecule has 0 aliphatic rings. The molecule has 0 aromatic carbocycles. The molecule has 1 rings (SSSR count). The fourth-order valence-corrected chi connectivity index (χ4v) is 1.89. The van der Waals surface area contributed by atoms with E-state index in [-0.39, 0.29) is 0 Å². The van der Waals surface area contributed by atoms with Gasteiger partial charge in [0.25, 0.3) is 0 Å². The topological polar surface area (TPSA) is 28.2 Å². The van der Waals surface area contributed by atoms with Crippen molar-refractivity contribution in [3.63, 3.8) is 0 Å². The van der Waals surface area contributed by atoms with E-state index in [0.717, 1.165) is 13.1 Å². The Morgan fingerprint density at radius 2 is 2.29 bits per heavy atom. The third-order valence-corrected chi connectivity index (χ3v) is 3.12. The fraction of sp³-hybridized carbons (Fsp3) is 0.700. The van der Waals surface area contributed by atoms with E-state index in [1.165, 1.54) is 10.7 Å². The van der Waals surface area contributed by atoms with Gasteiger partial charge in [-0.25, -0.2) is 4.98 Å². The maximum absolute atomic E-state index is 4.54. The molecule has 0 saturated heterocycles. The lowest BCUT2D eigenvalue weighted by molar-refractivity contribution is 0.263. The molecule has 14 heavy (non-hydrogen) atoms. The van der Waals surface area contributed by atoms with Gasteiger partial charge in [0.1, 0.15) is 5.01 Å². The SMILES string of the molecule is CNCc1nc(CN(C)C(C)C)cs1. The third-order valence-electron chi connectivity index (χ3n) is 2.22. The van der Waals surface area contributed by atoms with Gasteiger partial charge in [0, 0.05) is 24.5 Å². The highest BCUT2D eigenvalue weighted by atomic mass is 32.1. The molecule has 0 saturated carbocycles. The molecule has 0 atom stereocenters. The number of hydrogen-bond donors (Lipinski definition) is 1. The van der Waals surface area contributed by atoms with Gasteiger partial charge in [-0.05, 0) is 27.9 Å². The molecular formula is C10H19N3S. The van der Waals surface area contributed by atoms with E-state index in [1.54, 1.807) is 11.3 Å². The highest BCUT2D eigenvalue weighted by molar-refractivity contribution is 7.09. The van der Waals surface area contributed by atoms with Gasteiger partial charge in [-0.2, -0.15) is 0 Å². The van der Waals surface area contributed by atoms with Gasteiger partial charge in [-0.3, -0.25) is 4.90 Å². The van der Waals surface area contributed by atoms with Crippen LogP contribution >= 0.6 is 11.3 Å². The molecule has 0 amide bonds. The van der Waals surface area contributed by atoms with Gasteiger partial charge in [0.2, 0.25) is 0 Å². The fourth-order valence-electron chi connectivity index (χ4n) is 1.09. The number of hydrogen-bond acceptors (Lipinski definition) is 4. The van der Waals surface area contributed by atoms with Crippen LogP contribution in [-0.4, -0.2) is 30.0 Å². The first-order valence-electron chi connectivity index (χ1n) is 4.91. The Morgan fingerprint density at radius 3 is 2.86 bits per heavy atom. The van der Waals surface area contributed by atoms with E-state index in [9.17, 15) is 0 Å². The lowest BCUT2D eigenvalue weighted by Gasteiger charge is -2.19. The van der Waals surface area contributed by atoms with E-state index in [2.05, 4.69) is 41.5 Å². The van der Waals surface area contributed by atoms with Gasteiger partial charge in [-0.1, -0.05) is 0 Å². The first-order valence-corrected chi connectivity index (χ1v) is 5.79. The predicted octanol–water partition coefficient (Wildman–Crippen LogP) is 1.70. The largest absolute Gasteiger partial charge is 0.314 e. The number of nitrogens with one attached hydrogen (secondary N) is 1. The first-order chi connectivity index (χ1) is 6.63. The second-order valence-corrected chi connectivity index (χ2v) is 4.71. The first kappa shape index (κ1) is 11.6. The van der Waals surface area contributed by atoms with Crippen molar-refractivity contribution >= 4 is 11.3 Å². The Morgan fingerprint density at radius 1 is 1.57 bits per heavy atom. The number of thiazole rings is 1.